The van der Waals surface area contributed by atoms with Gasteiger partial charge in [0, 0.05) is 23.5 Å². The van der Waals surface area contributed by atoms with Crippen molar-refractivity contribution in [1.82, 2.24) is 29.6 Å². The van der Waals surface area contributed by atoms with E-state index in [4.69, 9.17) is 9.84 Å². The summed E-state index contributed by atoms with van der Waals surface area (Å²) in [4.78, 5) is 12.8. The summed E-state index contributed by atoms with van der Waals surface area (Å²) in [5.74, 6) is 2.88. The third-order valence-corrected chi connectivity index (χ3v) is 5.59. The first-order valence-electron chi connectivity index (χ1n) is 10.7. The summed E-state index contributed by atoms with van der Waals surface area (Å²) in [6.07, 6.45) is 0.332. The predicted octanol–water partition coefficient (Wildman–Crippen LogP) is 3.44. The SMILES string of the molecule is Cc1nn(-c2ccc3nnc(C)n3n2)c2c1[C@H](c1ccccc1OCC(C)C)CC(=O)N2. The van der Waals surface area contributed by atoms with Crippen LogP contribution < -0.4 is 10.1 Å². The van der Waals surface area contributed by atoms with Crippen molar-refractivity contribution >= 4 is 17.4 Å². The van der Waals surface area contributed by atoms with Crippen molar-refractivity contribution in [2.75, 3.05) is 11.9 Å². The average Bonchev–Trinajstić information content (AvgIpc) is 3.31. The van der Waals surface area contributed by atoms with Gasteiger partial charge in [0.2, 0.25) is 5.91 Å². The number of hydrogen-bond donors (Lipinski definition) is 1. The zero-order valence-electron chi connectivity index (χ0n) is 18.5. The fraction of sp³-hybridized carbons (Fsp3) is 0.348. The number of rotatable bonds is 5. The first kappa shape index (κ1) is 20.2. The molecule has 0 unspecified atom stereocenters. The van der Waals surface area contributed by atoms with Gasteiger partial charge >= 0.3 is 0 Å². The second kappa shape index (κ2) is 7.74. The number of benzene rings is 1. The Kier molecular flexibility index (Phi) is 4.88. The van der Waals surface area contributed by atoms with Crippen LogP contribution in [-0.2, 0) is 4.79 Å². The molecule has 1 amide bonds. The fourth-order valence-electron chi connectivity index (χ4n) is 4.13. The summed E-state index contributed by atoms with van der Waals surface area (Å²) in [6.45, 7) is 8.64. The Labute approximate surface area is 185 Å². The van der Waals surface area contributed by atoms with Gasteiger partial charge in [-0.3, -0.25) is 4.79 Å². The molecule has 0 radical (unpaired) electrons. The summed E-state index contributed by atoms with van der Waals surface area (Å²) in [5.41, 5.74) is 3.46. The van der Waals surface area contributed by atoms with Gasteiger partial charge in [-0.05, 0) is 38.0 Å². The molecule has 0 fully saturated rings. The molecule has 0 saturated heterocycles. The Morgan fingerprint density at radius 1 is 1.12 bits per heavy atom. The molecule has 1 aliphatic rings. The number of para-hydroxylation sites is 1. The normalized spacial score (nSPS) is 15.8. The van der Waals surface area contributed by atoms with Crippen LogP contribution in [0.3, 0.4) is 0 Å². The molecular formula is C23H25N7O2. The lowest BCUT2D eigenvalue weighted by Gasteiger charge is -2.26. The summed E-state index contributed by atoms with van der Waals surface area (Å²) in [7, 11) is 0. The molecule has 1 atom stereocenters. The number of amides is 1. The molecule has 5 rings (SSSR count). The highest BCUT2D eigenvalue weighted by Gasteiger charge is 2.34. The van der Waals surface area contributed by atoms with Gasteiger partial charge < -0.3 is 10.1 Å². The molecule has 9 heteroatoms. The van der Waals surface area contributed by atoms with Crippen LogP contribution in [0.1, 0.15) is 48.8 Å². The smallest absolute Gasteiger partial charge is 0.226 e. The van der Waals surface area contributed by atoms with E-state index in [2.05, 4.69) is 34.5 Å². The number of nitrogens with one attached hydrogen (secondary N) is 1. The van der Waals surface area contributed by atoms with Crippen LogP contribution in [0.15, 0.2) is 36.4 Å². The number of fused-ring (bicyclic) bond motifs is 2. The number of anilines is 1. The monoisotopic (exact) mass is 431 g/mol. The van der Waals surface area contributed by atoms with E-state index in [1.807, 2.05) is 50.2 Å². The van der Waals surface area contributed by atoms with Crippen LogP contribution in [0.25, 0.3) is 11.5 Å². The zero-order chi connectivity index (χ0) is 22.4. The van der Waals surface area contributed by atoms with Crippen LogP contribution >= 0.6 is 0 Å². The van der Waals surface area contributed by atoms with Crippen molar-refractivity contribution in [2.45, 2.75) is 40.0 Å². The van der Waals surface area contributed by atoms with E-state index in [1.54, 1.807) is 9.20 Å². The summed E-state index contributed by atoms with van der Waals surface area (Å²) < 4.78 is 9.45. The number of hydrogen-bond acceptors (Lipinski definition) is 6. The third-order valence-electron chi connectivity index (χ3n) is 5.59. The molecule has 0 bridgehead atoms. The highest BCUT2D eigenvalue weighted by molar-refractivity contribution is 5.95. The largest absolute Gasteiger partial charge is 0.493 e. The molecule has 3 aromatic heterocycles. The molecule has 32 heavy (non-hydrogen) atoms. The number of ether oxygens (including phenoxy) is 1. The molecule has 1 aliphatic heterocycles. The Hall–Kier alpha value is -3.75. The zero-order valence-corrected chi connectivity index (χ0v) is 18.5. The lowest BCUT2D eigenvalue weighted by Crippen LogP contribution is -2.25. The Morgan fingerprint density at radius 3 is 2.75 bits per heavy atom. The lowest BCUT2D eigenvalue weighted by atomic mass is 9.85. The van der Waals surface area contributed by atoms with E-state index in [-0.39, 0.29) is 11.8 Å². The maximum Gasteiger partial charge on any atom is 0.226 e. The maximum absolute atomic E-state index is 12.8. The van der Waals surface area contributed by atoms with Crippen molar-refractivity contribution in [3.63, 3.8) is 0 Å². The number of nitrogens with zero attached hydrogens (tertiary/aromatic N) is 6. The molecule has 4 heterocycles. The van der Waals surface area contributed by atoms with Gasteiger partial charge in [-0.2, -0.15) is 14.3 Å². The van der Waals surface area contributed by atoms with E-state index in [1.165, 1.54) is 0 Å². The van der Waals surface area contributed by atoms with Crippen LogP contribution in [0, 0.1) is 19.8 Å². The molecule has 1 N–H and O–H groups in total. The van der Waals surface area contributed by atoms with E-state index in [0.717, 1.165) is 22.6 Å². The minimum absolute atomic E-state index is 0.0659. The van der Waals surface area contributed by atoms with Crippen molar-refractivity contribution in [3.05, 3.63) is 59.0 Å². The first-order chi connectivity index (χ1) is 15.4. The highest BCUT2D eigenvalue weighted by Crippen LogP contribution is 2.43. The van der Waals surface area contributed by atoms with E-state index in [0.29, 0.717) is 42.1 Å². The molecule has 9 nitrogen and oxygen atoms in total. The number of aromatic nitrogens is 6. The van der Waals surface area contributed by atoms with Gasteiger partial charge in [-0.15, -0.1) is 15.3 Å². The number of carbonyl (C=O) groups excluding carboxylic acids is 1. The minimum Gasteiger partial charge on any atom is -0.493 e. The van der Waals surface area contributed by atoms with Gasteiger partial charge in [-0.25, -0.2) is 0 Å². The first-order valence-corrected chi connectivity index (χ1v) is 10.7. The number of aryl methyl sites for hydroxylation is 2. The van der Waals surface area contributed by atoms with Crippen molar-refractivity contribution < 1.29 is 9.53 Å². The maximum atomic E-state index is 12.8. The molecular weight excluding hydrogens is 406 g/mol. The molecule has 0 saturated carbocycles. The van der Waals surface area contributed by atoms with Crippen molar-refractivity contribution in [2.24, 2.45) is 5.92 Å². The average molecular weight is 432 g/mol. The lowest BCUT2D eigenvalue weighted by molar-refractivity contribution is -0.116. The van der Waals surface area contributed by atoms with Gasteiger partial charge in [0.1, 0.15) is 11.6 Å². The predicted molar refractivity (Wildman–Crippen MR) is 119 cm³/mol. The van der Waals surface area contributed by atoms with Crippen LogP contribution in [0.5, 0.6) is 5.75 Å². The van der Waals surface area contributed by atoms with Crippen LogP contribution in [-0.4, -0.2) is 42.1 Å². The number of carbonyl (C=O) groups is 1. The second-order valence-electron chi connectivity index (χ2n) is 8.52. The molecule has 1 aromatic carbocycles. The molecule has 0 aliphatic carbocycles. The fourth-order valence-corrected chi connectivity index (χ4v) is 4.13. The highest BCUT2D eigenvalue weighted by atomic mass is 16.5. The van der Waals surface area contributed by atoms with Crippen LogP contribution in [0.2, 0.25) is 0 Å². The quantitative estimate of drug-likeness (QED) is 0.520. The van der Waals surface area contributed by atoms with Gasteiger partial charge in [0.15, 0.2) is 17.3 Å². The van der Waals surface area contributed by atoms with E-state index >= 15 is 0 Å². The molecule has 0 spiro atoms. The van der Waals surface area contributed by atoms with E-state index < -0.39 is 0 Å². The van der Waals surface area contributed by atoms with Crippen molar-refractivity contribution in [1.29, 1.82) is 0 Å². The minimum atomic E-state index is -0.156. The molecule has 4 aromatic rings. The summed E-state index contributed by atoms with van der Waals surface area (Å²) in [6, 6.07) is 11.6. The summed E-state index contributed by atoms with van der Waals surface area (Å²) >= 11 is 0. The van der Waals surface area contributed by atoms with Crippen LogP contribution in [0.4, 0.5) is 5.82 Å². The van der Waals surface area contributed by atoms with E-state index in [9.17, 15) is 4.79 Å². The van der Waals surface area contributed by atoms with Crippen molar-refractivity contribution in [3.8, 4) is 11.6 Å². The standard InChI is InChI=1S/C23H25N7O2/c1-13(2)12-32-18-8-6-5-7-16(18)17-11-21(31)24-23-22(17)14(3)27-30(23)20-10-9-19-26-25-15(4)29(19)28-20/h5-10,13,17H,11-12H2,1-4H3,(H,24,31)/t17-/m0/s1. The summed E-state index contributed by atoms with van der Waals surface area (Å²) in [5, 5.41) is 20.5. The third kappa shape index (κ3) is 3.39. The van der Waals surface area contributed by atoms with Gasteiger partial charge in [0.25, 0.3) is 0 Å². The Balaban J connectivity index is 1.62. The Morgan fingerprint density at radius 2 is 1.94 bits per heavy atom. The molecule has 164 valence electrons. The van der Waals surface area contributed by atoms with Gasteiger partial charge in [0.05, 0.1) is 12.3 Å². The van der Waals surface area contributed by atoms with Gasteiger partial charge in [-0.1, -0.05) is 32.0 Å². The topological polar surface area (TPSA) is 99.2 Å². The Bertz CT molecular complexity index is 1320. The second-order valence-corrected chi connectivity index (χ2v) is 8.52.